The number of hydrogen-bond donors (Lipinski definition) is 1. The molecule has 6 heteroatoms. The van der Waals surface area contributed by atoms with Gasteiger partial charge < -0.3 is 14.2 Å². The Hall–Kier alpha value is -1.79. The predicted octanol–water partition coefficient (Wildman–Crippen LogP) is 5.48. The van der Waals surface area contributed by atoms with E-state index in [1.807, 2.05) is 31.2 Å². The first kappa shape index (κ1) is 24.5. The maximum Gasteiger partial charge on any atom is 0.412 e. The number of carbonyl (C=O) groups is 1. The van der Waals surface area contributed by atoms with Crippen molar-refractivity contribution in [3.63, 3.8) is 0 Å². The molecule has 1 aromatic rings. The Balaban J connectivity index is 1.83. The molecular weight excluding hydrogens is 380 g/mol. The van der Waals surface area contributed by atoms with Crippen molar-refractivity contribution < 1.29 is 19.0 Å². The number of rotatable bonds is 14. The summed E-state index contributed by atoms with van der Waals surface area (Å²) in [7, 11) is 0. The van der Waals surface area contributed by atoms with Crippen LogP contribution >= 0.6 is 0 Å². The van der Waals surface area contributed by atoms with Crippen LogP contribution in [0.25, 0.3) is 0 Å². The van der Waals surface area contributed by atoms with Gasteiger partial charge in [0, 0.05) is 13.2 Å². The van der Waals surface area contributed by atoms with Gasteiger partial charge in [0.1, 0.15) is 11.9 Å². The molecule has 1 amide bonds. The molecule has 6 nitrogen and oxygen atoms in total. The summed E-state index contributed by atoms with van der Waals surface area (Å²) >= 11 is 0. The fraction of sp³-hybridized carbons (Fsp3) is 0.708. The van der Waals surface area contributed by atoms with Gasteiger partial charge in [-0.3, -0.25) is 10.2 Å². The van der Waals surface area contributed by atoms with E-state index in [0.717, 1.165) is 19.5 Å². The third-order valence-electron chi connectivity index (χ3n) is 5.32. The highest BCUT2D eigenvalue weighted by Crippen LogP contribution is 2.24. The first-order valence-corrected chi connectivity index (χ1v) is 11.7. The molecule has 1 heterocycles. The van der Waals surface area contributed by atoms with Crippen molar-refractivity contribution in [2.75, 3.05) is 44.8 Å². The van der Waals surface area contributed by atoms with Crippen molar-refractivity contribution in [1.29, 1.82) is 0 Å². The number of para-hydroxylation sites is 2. The SMILES string of the molecule is CCCCCCCOc1ccccc1NC(=O)OC(COCC)CN1CCCCC1. The fourth-order valence-electron chi connectivity index (χ4n) is 3.68. The van der Waals surface area contributed by atoms with Crippen LogP contribution < -0.4 is 10.1 Å². The highest BCUT2D eigenvalue weighted by Gasteiger charge is 2.21. The average Bonchev–Trinajstić information content (AvgIpc) is 2.76. The summed E-state index contributed by atoms with van der Waals surface area (Å²) in [4.78, 5) is 14.9. The Kier molecular flexibility index (Phi) is 12.3. The minimum absolute atomic E-state index is 0.283. The number of carbonyl (C=O) groups excluding carboxylic acids is 1. The van der Waals surface area contributed by atoms with E-state index in [9.17, 15) is 4.79 Å². The van der Waals surface area contributed by atoms with E-state index in [2.05, 4.69) is 17.1 Å². The number of unbranched alkanes of at least 4 members (excludes halogenated alkanes) is 4. The van der Waals surface area contributed by atoms with Crippen LogP contribution in [0.2, 0.25) is 0 Å². The molecule has 1 unspecified atom stereocenters. The molecule has 0 saturated carbocycles. The number of ether oxygens (including phenoxy) is 3. The quantitative estimate of drug-likeness (QED) is 0.404. The number of amides is 1. The van der Waals surface area contributed by atoms with Crippen LogP contribution in [0.1, 0.15) is 65.2 Å². The molecule has 2 rings (SSSR count). The average molecular weight is 421 g/mol. The van der Waals surface area contributed by atoms with Gasteiger partial charge in [0.05, 0.1) is 18.9 Å². The summed E-state index contributed by atoms with van der Waals surface area (Å²) in [5.74, 6) is 0.683. The highest BCUT2D eigenvalue weighted by atomic mass is 16.6. The standard InChI is InChI=1S/C24H40N2O4/c1-3-5-6-7-13-18-29-23-15-10-9-14-22(23)25-24(27)30-21(20-28-4-2)19-26-16-11-8-12-17-26/h9-10,14-15,21H,3-8,11-13,16-20H2,1-2H3,(H,25,27). The zero-order chi connectivity index (χ0) is 21.4. The fourth-order valence-corrected chi connectivity index (χ4v) is 3.68. The molecule has 0 radical (unpaired) electrons. The molecule has 0 spiro atoms. The Morgan fingerprint density at radius 3 is 2.60 bits per heavy atom. The molecule has 1 atom stereocenters. The lowest BCUT2D eigenvalue weighted by Gasteiger charge is -2.30. The first-order chi connectivity index (χ1) is 14.7. The number of nitrogens with zero attached hydrogens (tertiary/aromatic N) is 1. The summed E-state index contributed by atoms with van der Waals surface area (Å²) in [5, 5.41) is 2.86. The van der Waals surface area contributed by atoms with Crippen LogP contribution in [0.3, 0.4) is 0 Å². The molecule has 30 heavy (non-hydrogen) atoms. The van der Waals surface area contributed by atoms with Crippen LogP contribution in [0, 0.1) is 0 Å². The monoisotopic (exact) mass is 420 g/mol. The van der Waals surface area contributed by atoms with Crippen LogP contribution in [0.4, 0.5) is 10.5 Å². The summed E-state index contributed by atoms with van der Waals surface area (Å²) in [6, 6.07) is 7.52. The molecule has 0 bridgehead atoms. The molecule has 0 aromatic heterocycles. The van der Waals surface area contributed by atoms with Crippen molar-refractivity contribution in [3.05, 3.63) is 24.3 Å². The number of nitrogens with one attached hydrogen (secondary N) is 1. The number of likely N-dealkylation sites (tertiary alicyclic amines) is 1. The number of hydrogen-bond acceptors (Lipinski definition) is 5. The summed E-state index contributed by atoms with van der Waals surface area (Å²) in [6.45, 7) is 8.66. The van der Waals surface area contributed by atoms with Gasteiger partial charge in [-0.1, -0.05) is 51.2 Å². The van der Waals surface area contributed by atoms with Crippen molar-refractivity contribution in [1.82, 2.24) is 4.90 Å². The molecule has 0 aliphatic carbocycles. The highest BCUT2D eigenvalue weighted by molar-refractivity contribution is 5.86. The van der Waals surface area contributed by atoms with Gasteiger partial charge in [-0.2, -0.15) is 0 Å². The van der Waals surface area contributed by atoms with Gasteiger partial charge >= 0.3 is 6.09 Å². The van der Waals surface area contributed by atoms with Gasteiger partial charge in [-0.05, 0) is 51.4 Å². The van der Waals surface area contributed by atoms with Crippen LogP contribution in [-0.2, 0) is 9.47 Å². The van der Waals surface area contributed by atoms with Crippen molar-refractivity contribution in [2.45, 2.75) is 71.3 Å². The molecule has 1 fully saturated rings. The van der Waals surface area contributed by atoms with Crippen LogP contribution in [0.15, 0.2) is 24.3 Å². The third kappa shape index (κ3) is 9.81. The Morgan fingerprint density at radius 1 is 1.07 bits per heavy atom. The van der Waals surface area contributed by atoms with Crippen molar-refractivity contribution >= 4 is 11.8 Å². The van der Waals surface area contributed by atoms with Gasteiger partial charge in [-0.25, -0.2) is 4.79 Å². The molecular formula is C24H40N2O4. The molecule has 170 valence electrons. The second kappa shape index (κ2) is 15.1. The predicted molar refractivity (Wildman–Crippen MR) is 121 cm³/mol. The van der Waals surface area contributed by atoms with Gasteiger partial charge in [0.2, 0.25) is 0 Å². The van der Waals surface area contributed by atoms with E-state index in [-0.39, 0.29) is 6.10 Å². The molecule has 1 aliphatic heterocycles. The number of benzene rings is 1. The summed E-state index contributed by atoms with van der Waals surface area (Å²) in [6.07, 6.45) is 8.88. The van der Waals surface area contributed by atoms with E-state index in [1.165, 1.54) is 44.9 Å². The minimum atomic E-state index is -0.462. The van der Waals surface area contributed by atoms with Gasteiger partial charge in [0.25, 0.3) is 0 Å². The summed E-state index contributed by atoms with van der Waals surface area (Å²) in [5.41, 5.74) is 0.643. The lowest BCUT2D eigenvalue weighted by molar-refractivity contribution is 0.00819. The van der Waals surface area contributed by atoms with E-state index in [1.54, 1.807) is 0 Å². The Labute approximate surface area is 182 Å². The minimum Gasteiger partial charge on any atom is -0.491 e. The number of piperidine rings is 1. The largest absolute Gasteiger partial charge is 0.491 e. The zero-order valence-electron chi connectivity index (χ0n) is 18.9. The zero-order valence-corrected chi connectivity index (χ0v) is 18.9. The third-order valence-corrected chi connectivity index (χ3v) is 5.32. The van der Waals surface area contributed by atoms with Crippen molar-refractivity contribution in [3.8, 4) is 5.75 Å². The second-order valence-electron chi connectivity index (χ2n) is 7.93. The van der Waals surface area contributed by atoms with Gasteiger partial charge in [0.15, 0.2) is 0 Å². The van der Waals surface area contributed by atoms with Crippen LogP contribution in [0.5, 0.6) is 5.75 Å². The van der Waals surface area contributed by atoms with E-state index < -0.39 is 6.09 Å². The molecule has 1 aromatic carbocycles. The second-order valence-corrected chi connectivity index (χ2v) is 7.93. The first-order valence-electron chi connectivity index (χ1n) is 11.7. The van der Waals surface area contributed by atoms with E-state index in [4.69, 9.17) is 14.2 Å². The maximum absolute atomic E-state index is 12.6. The van der Waals surface area contributed by atoms with E-state index >= 15 is 0 Å². The molecule has 1 N–H and O–H groups in total. The maximum atomic E-state index is 12.6. The molecule has 1 aliphatic rings. The topological polar surface area (TPSA) is 60.0 Å². The molecule has 1 saturated heterocycles. The Morgan fingerprint density at radius 2 is 1.83 bits per heavy atom. The normalized spacial score (nSPS) is 15.5. The lowest BCUT2D eigenvalue weighted by atomic mass is 10.1. The smallest absolute Gasteiger partial charge is 0.412 e. The van der Waals surface area contributed by atoms with Crippen LogP contribution in [-0.4, -0.2) is 56.6 Å². The van der Waals surface area contributed by atoms with Crippen molar-refractivity contribution in [2.24, 2.45) is 0 Å². The number of anilines is 1. The lowest BCUT2D eigenvalue weighted by Crippen LogP contribution is -2.41. The summed E-state index contributed by atoms with van der Waals surface area (Å²) < 4.78 is 17.2. The Bertz CT molecular complexity index is 590. The van der Waals surface area contributed by atoms with E-state index in [0.29, 0.717) is 37.8 Å². The van der Waals surface area contributed by atoms with Gasteiger partial charge in [-0.15, -0.1) is 0 Å².